The van der Waals surface area contributed by atoms with Crippen LogP contribution in [0.25, 0.3) is 0 Å². The zero-order chi connectivity index (χ0) is 18.0. The number of nitrogens with zero attached hydrogens (tertiary/aromatic N) is 1. The third kappa shape index (κ3) is 3.55. The van der Waals surface area contributed by atoms with Gasteiger partial charge in [-0.25, -0.2) is 0 Å². The van der Waals surface area contributed by atoms with Crippen LogP contribution in [0.1, 0.15) is 52.8 Å². The molecule has 1 unspecified atom stereocenters. The topological polar surface area (TPSA) is 95.6 Å². The summed E-state index contributed by atoms with van der Waals surface area (Å²) in [6, 6.07) is 4.76. The lowest BCUT2D eigenvalue weighted by Crippen LogP contribution is -2.53. The third-order valence-corrected chi connectivity index (χ3v) is 4.88. The quantitative estimate of drug-likeness (QED) is 0.621. The number of piperidine rings is 1. The Bertz CT molecular complexity index is 727. The highest BCUT2D eigenvalue weighted by Crippen LogP contribution is 2.25. The number of likely N-dealkylation sites (N-methyl/N-ethyl adjacent to an activating group) is 1. The smallest absolute Gasteiger partial charge is 0.255 e. The van der Waals surface area contributed by atoms with Crippen LogP contribution in [-0.2, 0) is 9.59 Å². The van der Waals surface area contributed by atoms with Gasteiger partial charge in [-0.05, 0) is 43.9 Å². The van der Waals surface area contributed by atoms with Gasteiger partial charge in [-0.15, -0.1) is 0 Å². The summed E-state index contributed by atoms with van der Waals surface area (Å²) in [6.45, 7) is 0. The molecule has 2 N–H and O–H groups in total. The lowest BCUT2D eigenvalue weighted by Gasteiger charge is -2.30. The Hall–Kier alpha value is -2.70. The van der Waals surface area contributed by atoms with Crippen LogP contribution in [-0.4, -0.2) is 48.0 Å². The van der Waals surface area contributed by atoms with Gasteiger partial charge in [0.2, 0.25) is 11.8 Å². The largest absolute Gasteiger partial charge is 0.382 e. The van der Waals surface area contributed by atoms with Gasteiger partial charge in [-0.1, -0.05) is 0 Å². The molecule has 0 radical (unpaired) electrons. The monoisotopic (exact) mass is 343 g/mol. The second kappa shape index (κ2) is 7.04. The molecule has 0 aromatic heterocycles. The first-order valence-electron chi connectivity index (χ1n) is 8.46. The lowest BCUT2D eigenvalue weighted by atomic mass is 9.92. The first-order valence-corrected chi connectivity index (χ1v) is 8.46. The Morgan fingerprint density at radius 1 is 1.28 bits per heavy atom. The van der Waals surface area contributed by atoms with Gasteiger partial charge >= 0.3 is 0 Å². The molecule has 0 bridgehead atoms. The van der Waals surface area contributed by atoms with E-state index in [4.69, 9.17) is 0 Å². The Morgan fingerprint density at radius 2 is 2.04 bits per heavy atom. The van der Waals surface area contributed by atoms with Gasteiger partial charge in [-0.2, -0.15) is 0 Å². The summed E-state index contributed by atoms with van der Waals surface area (Å²) in [7, 11) is 1.51. The maximum absolute atomic E-state index is 12.7. The molecule has 1 heterocycles. The molecule has 0 spiro atoms. The molecular formula is C18H21N3O4. The van der Waals surface area contributed by atoms with E-state index in [1.807, 2.05) is 0 Å². The molecule has 7 nitrogen and oxygen atoms in total. The van der Waals surface area contributed by atoms with E-state index in [0.717, 1.165) is 18.5 Å². The molecule has 3 amide bonds. The van der Waals surface area contributed by atoms with E-state index in [9.17, 15) is 19.2 Å². The van der Waals surface area contributed by atoms with Crippen molar-refractivity contribution in [2.75, 3.05) is 12.4 Å². The number of carbonyl (C=O) groups is 4. The summed E-state index contributed by atoms with van der Waals surface area (Å²) >= 11 is 0. The van der Waals surface area contributed by atoms with E-state index < -0.39 is 17.9 Å². The van der Waals surface area contributed by atoms with Crippen molar-refractivity contribution in [1.82, 2.24) is 10.2 Å². The number of amides is 3. The van der Waals surface area contributed by atoms with Crippen LogP contribution in [0, 0.1) is 0 Å². The summed E-state index contributed by atoms with van der Waals surface area (Å²) < 4.78 is 0. The fourth-order valence-corrected chi connectivity index (χ4v) is 3.12. The van der Waals surface area contributed by atoms with Gasteiger partial charge in [0.05, 0.1) is 5.56 Å². The Balaban J connectivity index is 1.77. The zero-order valence-corrected chi connectivity index (χ0v) is 14.1. The number of carbonyl (C=O) groups excluding carboxylic acids is 4. The van der Waals surface area contributed by atoms with Crippen LogP contribution in [0.5, 0.6) is 0 Å². The highest BCUT2D eigenvalue weighted by Gasteiger charge is 2.33. The summed E-state index contributed by atoms with van der Waals surface area (Å²) in [5.41, 5.74) is 1.35. The van der Waals surface area contributed by atoms with Crippen molar-refractivity contribution >= 4 is 29.7 Å². The van der Waals surface area contributed by atoms with Crippen LogP contribution in [0.15, 0.2) is 18.2 Å². The van der Waals surface area contributed by atoms with Crippen LogP contribution in [0.4, 0.5) is 5.69 Å². The van der Waals surface area contributed by atoms with Crippen molar-refractivity contribution in [3.8, 4) is 0 Å². The number of rotatable bonds is 5. The van der Waals surface area contributed by atoms with E-state index in [2.05, 4.69) is 10.6 Å². The Morgan fingerprint density at radius 3 is 2.64 bits per heavy atom. The van der Waals surface area contributed by atoms with Crippen molar-refractivity contribution in [3.63, 3.8) is 0 Å². The molecule has 1 aromatic rings. The van der Waals surface area contributed by atoms with Crippen molar-refractivity contribution < 1.29 is 19.2 Å². The number of aldehydes is 1. The average molecular weight is 343 g/mol. The predicted molar refractivity (Wildman–Crippen MR) is 91.4 cm³/mol. The fourth-order valence-electron chi connectivity index (χ4n) is 3.12. The molecule has 1 aromatic carbocycles. The first-order chi connectivity index (χ1) is 12.0. The molecule has 2 fully saturated rings. The van der Waals surface area contributed by atoms with Gasteiger partial charge in [0.1, 0.15) is 6.04 Å². The molecule has 1 aliphatic heterocycles. The van der Waals surface area contributed by atoms with Crippen LogP contribution < -0.4 is 10.6 Å². The number of hydrogen-bond acceptors (Lipinski definition) is 5. The summed E-state index contributed by atoms with van der Waals surface area (Å²) in [6.07, 6.45) is 4.54. The van der Waals surface area contributed by atoms with Crippen LogP contribution >= 0.6 is 0 Å². The Kier molecular flexibility index (Phi) is 4.83. The highest BCUT2D eigenvalue weighted by atomic mass is 16.2. The molecule has 7 heteroatoms. The van der Waals surface area contributed by atoms with Gasteiger partial charge in [0.25, 0.3) is 5.91 Å². The number of imide groups is 1. The van der Waals surface area contributed by atoms with Crippen molar-refractivity contribution in [2.24, 2.45) is 0 Å². The minimum atomic E-state index is -0.711. The van der Waals surface area contributed by atoms with E-state index in [-0.39, 0.29) is 29.9 Å². The second-order valence-corrected chi connectivity index (χ2v) is 6.58. The van der Waals surface area contributed by atoms with Crippen molar-refractivity contribution in [1.29, 1.82) is 0 Å². The summed E-state index contributed by atoms with van der Waals surface area (Å²) in [5.74, 6) is -1.23. The first kappa shape index (κ1) is 17.1. The van der Waals surface area contributed by atoms with Crippen LogP contribution in [0.3, 0.4) is 0 Å². The third-order valence-electron chi connectivity index (χ3n) is 4.88. The fraction of sp³-hybridized carbons (Fsp3) is 0.444. The standard InChI is InChI=1S/C18H21N3O4/c1-21(15-7-8-16(23)20-17(15)24)18(25)14-6-5-13(9-11(14)10-22)19-12-3-2-4-12/h5-6,9-10,12,15,19H,2-4,7-8H2,1H3,(H,20,23,24). The zero-order valence-electron chi connectivity index (χ0n) is 14.1. The Labute approximate surface area is 145 Å². The normalized spacial score (nSPS) is 20.4. The highest BCUT2D eigenvalue weighted by molar-refractivity contribution is 6.06. The van der Waals surface area contributed by atoms with Crippen LogP contribution in [0.2, 0.25) is 0 Å². The number of benzene rings is 1. The average Bonchev–Trinajstić information content (AvgIpc) is 2.56. The minimum Gasteiger partial charge on any atom is -0.382 e. The minimum absolute atomic E-state index is 0.193. The van der Waals surface area contributed by atoms with Gasteiger partial charge in [0, 0.05) is 30.8 Å². The van der Waals surface area contributed by atoms with Crippen molar-refractivity contribution in [2.45, 2.75) is 44.2 Å². The lowest BCUT2D eigenvalue weighted by molar-refractivity contribution is -0.136. The maximum atomic E-state index is 12.7. The number of anilines is 1. The van der Waals surface area contributed by atoms with Crippen molar-refractivity contribution in [3.05, 3.63) is 29.3 Å². The van der Waals surface area contributed by atoms with E-state index >= 15 is 0 Å². The molecule has 1 saturated heterocycles. The molecule has 1 atom stereocenters. The van der Waals surface area contributed by atoms with E-state index in [1.54, 1.807) is 18.2 Å². The second-order valence-electron chi connectivity index (χ2n) is 6.58. The molecule has 1 saturated carbocycles. The van der Waals surface area contributed by atoms with Gasteiger partial charge < -0.3 is 10.2 Å². The van der Waals surface area contributed by atoms with E-state index in [0.29, 0.717) is 12.3 Å². The molecule has 25 heavy (non-hydrogen) atoms. The number of nitrogens with one attached hydrogen (secondary N) is 2. The summed E-state index contributed by atoms with van der Waals surface area (Å²) in [5, 5.41) is 5.58. The van der Waals surface area contributed by atoms with Gasteiger partial charge in [-0.3, -0.25) is 24.5 Å². The van der Waals surface area contributed by atoms with E-state index in [1.165, 1.54) is 18.4 Å². The number of hydrogen-bond donors (Lipinski definition) is 2. The molecule has 2 aliphatic rings. The SMILES string of the molecule is CN(C(=O)c1ccc(NC2CCC2)cc1C=O)C1CCC(=O)NC1=O. The maximum Gasteiger partial charge on any atom is 0.255 e. The van der Waals surface area contributed by atoms with Gasteiger partial charge in [0.15, 0.2) is 6.29 Å². The molecule has 132 valence electrons. The molecular weight excluding hydrogens is 322 g/mol. The molecule has 1 aliphatic carbocycles. The molecule has 3 rings (SSSR count). The summed E-state index contributed by atoms with van der Waals surface area (Å²) in [4.78, 5) is 48.7. The predicted octanol–water partition coefficient (Wildman–Crippen LogP) is 1.34.